The van der Waals surface area contributed by atoms with Crippen LogP contribution in [0.5, 0.6) is 0 Å². The lowest BCUT2D eigenvalue weighted by Gasteiger charge is -2.22. The van der Waals surface area contributed by atoms with Crippen LogP contribution in [0.1, 0.15) is 39.5 Å². The zero-order chi connectivity index (χ0) is 8.72. The molecule has 2 aliphatic heterocycles. The summed E-state index contributed by atoms with van der Waals surface area (Å²) in [5.74, 6) is 1.09. The van der Waals surface area contributed by atoms with Crippen LogP contribution in [-0.4, -0.2) is 22.9 Å². The smallest absolute Gasteiger partial charge is 0.219 e. The molecule has 2 heteroatoms. The van der Waals surface area contributed by atoms with Gasteiger partial charge in [-0.15, -0.1) is 0 Å². The molecule has 0 spiro atoms. The van der Waals surface area contributed by atoms with Crippen LogP contribution >= 0.6 is 0 Å². The van der Waals surface area contributed by atoms with Gasteiger partial charge in [0.2, 0.25) is 5.91 Å². The standard InChI is InChI=1S/C10H17NO/c1-3-8-6-9-4-5-10(8)11(9)7(2)12/h8-10H,3-6H2,1-2H3. The summed E-state index contributed by atoms with van der Waals surface area (Å²) >= 11 is 0. The summed E-state index contributed by atoms with van der Waals surface area (Å²) in [5, 5.41) is 0. The summed E-state index contributed by atoms with van der Waals surface area (Å²) in [6, 6.07) is 1.19. The number of carbonyl (C=O) groups excluding carboxylic acids is 1. The number of hydrogen-bond donors (Lipinski definition) is 0. The van der Waals surface area contributed by atoms with E-state index in [-0.39, 0.29) is 0 Å². The number of rotatable bonds is 1. The highest BCUT2D eigenvalue weighted by Gasteiger charge is 2.46. The molecule has 2 nitrogen and oxygen atoms in total. The lowest BCUT2D eigenvalue weighted by molar-refractivity contribution is -0.130. The van der Waals surface area contributed by atoms with E-state index < -0.39 is 0 Å². The van der Waals surface area contributed by atoms with Crippen molar-refractivity contribution >= 4 is 5.91 Å². The Balaban J connectivity index is 2.14. The highest BCUT2D eigenvalue weighted by Crippen LogP contribution is 2.42. The lowest BCUT2D eigenvalue weighted by atomic mass is 9.87. The highest BCUT2D eigenvalue weighted by atomic mass is 16.2. The first kappa shape index (κ1) is 8.09. The Morgan fingerprint density at radius 3 is 2.67 bits per heavy atom. The summed E-state index contributed by atoms with van der Waals surface area (Å²) in [6.45, 7) is 3.95. The fourth-order valence-electron chi connectivity index (χ4n) is 3.04. The predicted molar refractivity (Wildman–Crippen MR) is 47.7 cm³/mol. The summed E-state index contributed by atoms with van der Waals surface area (Å²) in [5.41, 5.74) is 0. The van der Waals surface area contributed by atoms with Crippen molar-refractivity contribution < 1.29 is 4.79 Å². The van der Waals surface area contributed by atoms with Crippen LogP contribution in [0.4, 0.5) is 0 Å². The summed E-state index contributed by atoms with van der Waals surface area (Å²) in [6.07, 6.45) is 5.01. The molecule has 0 aromatic carbocycles. The first-order valence-electron chi connectivity index (χ1n) is 5.03. The number of fused-ring (bicyclic) bond motifs is 2. The van der Waals surface area contributed by atoms with Crippen LogP contribution in [0.15, 0.2) is 0 Å². The van der Waals surface area contributed by atoms with Gasteiger partial charge in [0.25, 0.3) is 0 Å². The van der Waals surface area contributed by atoms with E-state index >= 15 is 0 Å². The Hall–Kier alpha value is -0.530. The molecule has 0 saturated carbocycles. The maximum atomic E-state index is 11.3. The Kier molecular flexibility index (Phi) is 1.85. The van der Waals surface area contributed by atoms with Gasteiger partial charge >= 0.3 is 0 Å². The van der Waals surface area contributed by atoms with Gasteiger partial charge in [0, 0.05) is 19.0 Å². The van der Waals surface area contributed by atoms with Crippen molar-refractivity contribution in [2.75, 3.05) is 0 Å². The van der Waals surface area contributed by atoms with E-state index in [1.54, 1.807) is 6.92 Å². The largest absolute Gasteiger partial charge is 0.337 e. The maximum Gasteiger partial charge on any atom is 0.219 e. The number of carbonyl (C=O) groups is 1. The molecular formula is C10H17NO. The molecule has 2 bridgehead atoms. The van der Waals surface area contributed by atoms with Gasteiger partial charge in [0.1, 0.15) is 0 Å². The highest BCUT2D eigenvalue weighted by molar-refractivity contribution is 5.74. The van der Waals surface area contributed by atoms with Gasteiger partial charge < -0.3 is 4.90 Å². The molecule has 3 unspecified atom stereocenters. The van der Waals surface area contributed by atoms with Crippen molar-refractivity contribution in [2.45, 2.75) is 51.6 Å². The molecule has 2 rings (SSSR count). The summed E-state index contributed by atoms with van der Waals surface area (Å²) < 4.78 is 0. The second-order valence-electron chi connectivity index (χ2n) is 4.13. The fourth-order valence-corrected chi connectivity index (χ4v) is 3.04. The Morgan fingerprint density at radius 1 is 1.50 bits per heavy atom. The SMILES string of the molecule is CCC1CC2CCC1N2C(C)=O. The Labute approximate surface area is 73.9 Å². The van der Waals surface area contributed by atoms with E-state index in [0.717, 1.165) is 5.92 Å². The summed E-state index contributed by atoms with van der Waals surface area (Å²) in [7, 11) is 0. The molecule has 68 valence electrons. The van der Waals surface area contributed by atoms with Crippen molar-refractivity contribution in [3.05, 3.63) is 0 Å². The predicted octanol–water partition coefficient (Wildman–Crippen LogP) is 1.80. The van der Waals surface area contributed by atoms with Gasteiger partial charge in [-0.1, -0.05) is 13.3 Å². The van der Waals surface area contributed by atoms with Crippen LogP contribution < -0.4 is 0 Å². The minimum atomic E-state index is 0.290. The van der Waals surface area contributed by atoms with Gasteiger partial charge in [0.15, 0.2) is 0 Å². The van der Waals surface area contributed by atoms with Gasteiger partial charge in [-0.05, 0) is 25.2 Å². The first-order chi connectivity index (χ1) is 5.74. The Bertz CT molecular complexity index is 202. The normalized spacial score (nSPS) is 39.2. The van der Waals surface area contributed by atoms with E-state index in [9.17, 15) is 4.79 Å². The first-order valence-corrected chi connectivity index (χ1v) is 5.03. The lowest BCUT2D eigenvalue weighted by Crippen LogP contribution is -2.34. The van der Waals surface area contributed by atoms with Crippen molar-refractivity contribution in [3.8, 4) is 0 Å². The molecule has 0 aromatic rings. The van der Waals surface area contributed by atoms with E-state index in [0.29, 0.717) is 18.0 Å². The van der Waals surface area contributed by atoms with Crippen molar-refractivity contribution in [3.63, 3.8) is 0 Å². The monoisotopic (exact) mass is 167 g/mol. The Morgan fingerprint density at radius 2 is 2.25 bits per heavy atom. The average Bonchev–Trinajstić information content (AvgIpc) is 2.59. The molecule has 2 saturated heterocycles. The van der Waals surface area contributed by atoms with Crippen molar-refractivity contribution in [1.82, 2.24) is 4.90 Å². The molecule has 0 radical (unpaired) electrons. The fraction of sp³-hybridized carbons (Fsp3) is 0.900. The molecule has 0 aromatic heterocycles. The minimum Gasteiger partial charge on any atom is -0.337 e. The molecule has 0 aliphatic carbocycles. The molecule has 3 atom stereocenters. The van der Waals surface area contributed by atoms with Crippen LogP contribution in [-0.2, 0) is 4.79 Å². The topological polar surface area (TPSA) is 20.3 Å². The molecule has 12 heavy (non-hydrogen) atoms. The van der Waals surface area contributed by atoms with E-state index in [2.05, 4.69) is 11.8 Å². The summed E-state index contributed by atoms with van der Waals surface area (Å²) in [4.78, 5) is 13.4. The van der Waals surface area contributed by atoms with Crippen LogP contribution in [0.25, 0.3) is 0 Å². The van der Waals surface area contributed by atoms with Gasteiger partial charge in [-0.3, -0.25) is 4.79 Å². The van der Waals surface area contributed by atoms with E-state index in [4.69, 9.17) is 0 Å². The van der Waals surface area contributed by atoms with E-state index in [1.165, 1.54) is 25.7 Å². The quantitative estimate of drug-likeness (QED) is 0.583. The minimum absolute atomic E-state index is 0.290. The van der Waals surface area contributed by atoms with Crippen molar-refractivity contribution in [1.29, 1.82) is 0 Å². The van der Waals surface area contributed by atoms with Crippen LogP contribution in [0.2, 0.25) is 0 Å². The molecular weight excluding hydrogens is 150 g/mol. The van der Waals surface area contributed by atoms with Gasteiger partial charge in [0.05, 0.1) is 0 Å². The van der Waals surface area contributed by atoms with E-state index in [1.807, 2.05) is 0 Å². The number of hydrogen-bond acceptors (Lipinski definition) is 1. The molecule has 0 N–H and O–H groups in total. The third-order valence-corrected chi connectivity index (χ3v) is 3.55. The number of amides is 1. The molecule has 2 fully saturated rings. The average molecular weight is 167 g/mol. The molecule has 2 aliphatic rings. The third kappa shape index (κ3) is 0.970. The maximum absolute atomic E-state index is 11.3. The second kappa shape index (κ2) is 2.75. The second-order valence-corrected chi connectivity index (χ2v) is 4.13. The molecule has 2 heterocycles. The van der Waals surface area contributed by atoms with Crippen molar-refractivity contribution in [2.24, 2.45) is 5.92 Å². The third-order valence-electron chi connectivity index (χ3n) is 3.55. The zero-order valence-electron chi connectivity index (χ0n) is 7.92. The van der Waals surface area contributed by atoms with Gasteiger partial charge in [-0.2, -0.15) is 0 Å². The molecule has 1 amide bonds. The van der Waals surface area contributed by atoms with Crippen LogP contribution in [0, 0.1) is 5.92 Å². The van der Waals surface area contributed by atoms with Gasteiger partial charge in [-0.25, -0.2) is 0 Å². The number of nitrogens with zero attached hydrogens (tertiary/aromatic N) is 1. The zero-order valence-corrected chi connectivity index (χ0v) is 7.92. The van der Waals surface area contributed by atoms with Crippen LogP contribution in [0.3, 0.4) is 0 Å².